The molecular formula is C9H9N5OS. The Labute approximate surface area is 95.9 Å². The summed E-state index contributed by atoms with van der Waals surface area (Å²) in [5.41, 5.74) is 0.734. The number of pyridine rings is 1. The molecule has 0 saturated carbocycles. The fourth-order valence-electron chi connectivity index (χ4n) is 1.03. The number of anilines is 1. The van der Waals surface area contributed by atoms with Gasteiger partial charge >= 0.3 is 0 Å². The minimum absolute atomic E-state index is 0.0902. The van der Waals surface area contributed by atoms with Crippen LogP contribution >= 0.6 is 11.8 Å². The average molecular weight is 235 g/mol. The molecule has 0 radical (unpaired) electrons. The molecule has 2 aromatic heterocycles. The number of carbonyl (C=O) groups is 1. The first-order valence-electron chi connectivity index (χ1n) is 4.52. The van der Waals surface area contributed by atoms with E-state index in [1.807, 2.05) is 0 Å². The van der Waals surface area contributed by atoms with E-state index in [9.17, 15) is 4.79 Å². The van der Waals surface area contributed by atoms with Crippen LogP contribution in [0.2, 0.25) is 0 Å². The highest BCUT2D eigenvalue weighted by molar-refractivity contribution is 7.99. The van der Waals surface area contributed by atoms with Gasteiger partial charge in [0.2, 0.25) is 5.91 Å². The van der Waals surface area contributed by atoms with E-state index in [4.69, 9.17) is 0 Å². The topological polar surface area (TPSA) is 83.6 Å². The largest absolute Gasteiger partial charge is 0.325 e. The zero-order chi connectivity index (χ0) is 11.2. The van der Waals surface area contributed by atoms with Crippen molar-refractivity contribution in [3.63, 3.8) is 0 Å². The zero-order valence-corrected chi connectivity index (χ0v) is 9.07. The van der Waals surface area contributed by atoms with Gasteiger partial charge in [0, 0.05) is 18.1 Å². The van der Waals surface area contributed by atoms with Crippen molar-refractivity contribution in [3.05, 3.63) is 30.9 Å². The van der Waals surface area contributed by atoms with Gasteiger partial charge in [0.1, 0.15) is 6.33 Å². The maximum atomic E-state index is 11.5. The van der Waals surface area contributed by atoms with E-state index >= 15 is 0 Å². The molecule has 0 fully saturated rings. The van der Waals surface area contributed by atoms with Crippen molar-refractivity contribution in [2.45, 2.75) is 5.16 Å². The second kappa shape index (κ2) is 5.26. The third-order valence-electron chi connectivity index (χ3n) is 1.70. The molecular weight excluding hydrogens is 226 g/mol. The van der Waals surface area contributed by atoms with Crippen LogP contribution < -0.4 is 5.32 Å². The number of hydrogen-bond donors (Lipinski definition) is 2. The highest BCUT2D eigenvalue weighted by atomic mass is 32.2. The van der Waals surface area contributed by atoms with Gasteiger partial charge in [0.15, 0.2) is 5.16 Å². The second-order valence-corrected chi connectivity index (χ2v) is 3.83. The number of aromatic amines is 1. The normalized spacial score (nSPS) is 10.0. The summed E-state index contributed by atoms with van der Waals surface area (Å²) in [5, 5.41) is 9.73. The third-order valence-corrected chi connectivity index (χ3v) is 2.57. The van der Waals surface area contributed by atoms with Crippen LogP contribution in [-0.2, 0) is 4.79 Å². The summed E-state index contributed by atoms with van der Waals surface area (Å²) in [6.07, 6.45) is 4.65. The molecule has 16 heavy (non-hydrogen) atoms. The molecule has 0 unspecified atom stereocenters. The van der Waals surface area contributed by atoms with Gasteiger partial charge < -0.3 is 5.32 Å². The van der Waals surface area contributed by atoms with E-state index in [0.29, 0.717) is 5.16 Å². The maximum Gasteiger partial charge on any atom is 0.234 e. The van der Waals surface area contributed by atoms with Crippen molar-refractivity contribution in [1.29, 1.82) is 0 Å². The first kappa shape index (κ1) is 10.6. The molecule has 0 aliphatic heterocycles. The third kappa shape index (κ3) is 3.06. The van der Waals surface area contributed by atoms with E-state index in [2.05, 4.69) is 25.5 Å². The van der Waals surface area contributed by atoms with Gasteiger partial charge in [-0.1, -0.05) is 11.8 Å². The standard InChI is InChI=1S/C9H9N5OS/c15-8(5-16-9-11-6-12-14-9)13-7-1-3-10-4-2-7/h1-4,6H,5H2,(H,10,13,15)(H,11,12,14). The number of hydrogen-bond acceptors (Lipinski definition) is 5. The molecule has 6 nitrogen and oxygen atoms in total. The fourth-order valence-corrected chi connectivity index (χ4v) is 1.61. The summed E-state index contributed by atoms with van der Waals surface area (Å²) in [5.74, 6) is 0.199. The zero-order valence-electron chi connectivity index (χ0n) is 8.25. The molecule has 0 bridgehead atoms. The molecule has 2 N–H and O–H groups in total. The number of amides is 1. The lowest BCUT2D eigenvalue weighted by Crippen LogP contribution is -2.14. The van der Waals surface area contributed by atoms with Gasteiger partial charge in [-0.3, -0.25) is 14.9 Å². The lowest BCUT2D eigenvalue weighted by atomic mass is 10.4. The van der Waals surface area contributed by atoms with E-state index in [0.717, 1.165) is 5.69 Å². The number of H-pyrrole nitrogens is 1. The van der Waals surface area contributed by atoms with Gasteiger partial charge in [-0.15, -0.1) is 0 Å². The van der Waals surface area contributed by atoms with Gasteiger partial charge in [-0.2, -0.15) is 5.10 Å². The van der Waals surface area contributed by atoms with Crippen molar-refractivity contribution >= 4 is 23.4 Å². The molecule has 2 aromatic rings. The molecule has 82 valence electrons. The average Bonchev–Trinajstić information content (AvgIpc) is 2.81. The van der Waals surface area contributed by atoms with Crippen LogP contribution in [0.15, 0.2) is 36.0 Å². The molecule has 0 spiro atoms. The monoisotopic (exact) mass is 235 g/mol. The first-order valence-corrected chi connectivity index (χ1v) is 5.51. The predicted octanol–water partition coefficient (Wildman–Crippen LogP) is 0.930. The number of nitrogens with zero attached hydrogens (tertiary/aromatic N) is 3. The van der Waals surface area contributed by atoms with Crippen LogP contribution in [0.5, 0.6) is 0 Å². The minimum atomic E-state index is -0.0902. The van der Waals surface area contributed by atoms with Crippen LogP contribution in [-0.4, -0.2) is 31.8 Å². The van der Waals surface area contributed by atoms with Crippen molar-refractivity contribution in [3.8, 4) is 0 Å². The maximum absolute atomic E-state index is 11.5. The molecule has 0 atom stereocenters. The van der Waals surface area contributed by atoms with Crippen LogP contribution in [0.4, 0.5) is 5.69 Å². The summed E-state index contributed by atoms with van der Waals surface area (Å²) in [4.78, 5) is 19.3. The second-order valence-electron chi connectivity index (χ2n) is 2.86. The molecule has 1 amide bonds. The summed E-state index contributed by atoms with van der Waals surface area (Å²) in [6.45, 7) is 0. The molecule has 0 aliphatic rings. The van der Waals surface area contributed by atoms with Crippen LogP contribution in [0.1, 0.15) is 0 Å². The number of nitrogens with one attached hydrogen (secondary N) is 2. The molecule has 0 aromatic carbocycles. The molecule has 2 rings (SSSR count). The number of carbonyl (C=O) groups excluding carboxylic acids is 1. The Bertz CT molecular complexity index is 444. The highest BCUT2D eigenvalue weighted by Crippen LogP contribution is 2.11. The summed E-state index contributed by atoms with van der Waals surface area (Å²) < 4.78 is 0. The van der Waals surface area contributed by atoms with E-state index in [1.165, 1.54) is 18.1 Å². The Hall–Kier alpha value is -1.89. The van der Waals surface area contributed by atoms with Gasteiger partial charge in [-0.05, 0) is 12.1 Å². The smallest absolute Gasteiger partial charge is 0.234 e. The van der Waals surface area contributed by atoms with Gasteiger partial charge in [-0.25, -0.2) is 4.98 Å². The molecule has 0 aliphatic carbocycles. The minimum Gasteiger partial charge on any atom is -0.325 e. The Morgan fingerprint density at radius 3 is 2.94 bits per heavy atom. The van der Waals surface area contributed by atoms with E-state index in [1.54, 1.807) is 24.5 Å². The number of thioether (sulfide) groups is 1. The molecule has 0 saturated heterocycles. The van der Waals surface area contributed by atoms with Crippen LogP contribution in [0, 0.1) is 0 Å². The van der Waals surface area contributed by atoms with Crippen molar-refractivity contribution in [2.24, 2.45) is 0 Å². The van der Waals surface area contributed by atoms with E-state index < -0.39 is 0 Å². The van der Waals surface area contributed by atoms with Gasteiger partial charge in [0.05, 0.1) is 5.75 Å². The van der Waals surface area contributed by atoms with Crippen molar-refractivity contribution in [1.82, 2.24) is 20.2 Å². The first-order chi connectivity index (χ1) is 7.84. The van der Waals surface area contributed by atoms with Crippen LogP contribution in [0.3, 0.4) is 0 Å². The quantitative estimate of drug-likeness (QED) is 0.770. The summed E-state index contributed by atoms with van der Waals surface area (Å²) >= 11 is 1.30. The Balaban J connectivity index is 1.81. The summed E-state index contributed by atoms with van der Waals surface area (Å²) in [7, 11) is 0. The number of rotatable bonds is 4. The lowest BCUT2D eigenvalue weighted by molar-refractivity contribution is -0.113. The Morgan fingerprint density at radius 2 is 2.25 bits per heavy atom. The van der Waals surface area contributed by atoms with Crippen molar-refractivity contribution < 1.29 is 4.79 Å². The Kier molecular flexibility index (Phi) is 3.50. The summed E-state index contributed by atoms with van der Waals surface area (Å²) in [6, 6.07) is 3.47. The number of aromatic nitrogens is 4. The lowest BCUT2D eigenvalue weighted by Gasteiger charge is -2.02. The highest BCUT2D eigenvalue weighted by Gasteiger charge is 2.04. The Morgan fingerprint density at radius 1 is 1.44 bits per heavy atom. The SMILES string of the molecule is O=C(CSc1ncn[nH]1)Nc1ccncc1. The van der Waals surface area contributed by atoms with Crippen LogP contribution in [0.25, 0.3) is 0 Å². The van der Waals surface area contributed by atoms with E-state index in [-0.39, 0.29) is 11.7 Å². The van der Waals surface area contributed by atoms with Crippen molar-refractivity contribution in [2.75, 3.05) is 11.1 Å². The van der Waals surface area contributed by atoms with Gasteiger partial charge in [0.25, 0.3) is 0 Å². The predicted molar refractivity (Wildman–Crippen MR) is 60.0 cm³/mol. The molecule has 2 heterocycles. The fraction of sp³-hybridized carbons (Fsp3) is 0.111. The molecule has 7 heteroatoms.